The van der Waals surface area contributed by atoms with Crippen LogP contribution in [0.4, 0.5) is 4.79 Å². The van der Waals surface area contributed by atoms with Crippen LogP contribution in [0.5, 0.6) is 0 Å². The smallest absolute Gasteiger partial charge is 0.433 e. The molecule has 0 saturated carbocycles. The average molecular weight is 543 g/mol. The van der Waals surface area contributed by atoms with E-state index in [1.165, 1.54) is 30.3 Å². The van der Waals surface area contributed by atoms with E-state index in [1.54, 1.807) is 24.3 Å². The number of carbonyl (C=O) groups excluding carboxylic acids is 3. The number of morpholine rings is 1. The summed E-state index contributed by atoms with van der Waals surface area (Å²) < 4.78 is 20.3. The molecular weight excluding hydrogens is 516 g/mol. The molecule has 1 N–H and O–H groups in total. The van der Waals surface area contributed by atoms with E-state index in [0.29, 0.717) is 41.2 Å². The molecule has 1 atom stereocenters. The van der Waals surface area contributed by atoms with E-state index >= 15 is 0 Å². The maximum Gasteiger partial charge on any atom is 0.511 e. The molecule has 4 rings (SSSR count). The van der Waals surface area contributed by atoms with Crippen LogP contribution in [0.15, 0.2) is 59.4 Å². The van der Waals surface area contributed by atoms with Crippen molar-refractivity contribution in [3.63, 3.8) is 0 Å². The van der Waals surface area contributed by atoms with Crippen LogP contribution in [0, 0.1) is 5.92 Å². The summed E-state index contributed by atoms with van der Waals surface area (Å²) in [7, 11) is 0. The number of hydrogen-bond donors (Lipinski definition) is 1. The molecule has 11 heteroatoms. The molecule has 0 spiro atoms. The Labute approximate surface area is 223 Å². The number of benzene rings is 2. The summed E-state index contributed by atoms with van der Waals surface area (Å²) in [5.74, 6) is -2.73. The molecule has 1 saturated heterocycles. The fourth-order valence-electron chi connectivity index (χ4n) is 4.12. The van der Waals surface area contributed by atoms with Gasteiger partial charge >= 0.3 is 12.1 Å². The van der Waals surface area contributed by atoms with E-state index in [4.69, 9.17) is 30.5 Å². The predicted molar refractivity (Wildman–Crippen MR) is 138 cm³/mol. The van der Waals surface area contributed by atoms with E-state index in [-0.39, 0.29) is 24.2 Å². The molecule has 1 aliphatic heterocycles. The number of H-pyrrole nitrogens is 1. The van der Waals surface area contributed by atoms with Gasteiger partial charge in [0.1, 0.15) is 12.5 Å². The second-order valence-corrected chi connectivity index (χ2v) is 9.05. The Morgan fingerprint density at radius 1 is 1.00 bits per heavy atom. The maximum absolute atomic E-state index is 13.3. The van der Waals surface area contributed by atoms with Crippen molar-refractivity contribution in [1.29, 1.82) is 0 Å². The van der Waals surface area contributed by atoms with Crippen molar-refractivity contribution in [2.24, 2.45) is 5.92 Å². The van der Waals surface area contributed by atoms with Crippen molar-refractivity contribution >= 4 is 40.4 Å². The lowest BCUT2D eigenvalue weighted by Gasteiger charge is -2.25. The predicted octanol–water partition coefficient (Wildman–Crippen LogP) is 3.21. The summed E-state index contributed by atoms with van der Waals surface area (Å²) in [6, 6.07) is 14.5. The van der Waals surface area contributed by atoms with Crippen LogP contribution in [0.2, 0.25) is 5.02 Å². The monoisotopic (exact) mass is 542 g/mol. The summed E-state index contributed by atoms with van der Waals surface area (Å²) in [6.45, 7) is 2.67. The summed E-state index contributed by atoms with van der Waals surface area (Å²) in [4.78, 5) is 55.3. The van der Waals surface area contributed by atoms with Gasteiger partial charge in [0.15, 0.2) is 5.78 Å². The second kappa shape index (κ2) is 13.2. The van der Waals surface area contributed by atoms with Crippen molar-refractivity contribution in [3.8, 4) is 0 Å². The molecule has 1 aromatic heterocycles. The molecule has 10 nitrogen and oxygen atoms in total. The highest BCUT2D eigenvalue weighted by Crippen LogP contribution is 2.22. The molecular formula is C27H27ClN2O8. The zero-order valence-electron chi connectivity index (χ0n) is 20.5. The Balaban J connectivity index is 1.41. The summed E-state index contributed by atoms with van der Waals surface area (Å²) >= 11 is 5.94. The van der Waals surface area contributed by atoms with E-state index in [1.807, 2.05) is 0 Å². The van der Waals surface area contributed by atoms with E-state index in [2.05, 4.69) is 9.88 Å². The minimum absolute atomic E-state index is 0.102. The third-order valence-corrected chi connectivity index (χ3v) is 6.35. The highest BCUT2D eigenvalue weighted by atomic mass is 35.5. The van der Waals surface area contributed by atoms with Crippen LogP contribution in [-0.4, -0.2) is 74.0 Å². The quantitative estimate of drug-likeness (QED) is 0.178. The van der Waals surface area contributed by atoms with Gasteiger partial charge in [0, 0.05) is 47.2 Å². The van der Waals surface area contributed by atoms with Crippen LogP contribution < -0.4 is 5.56 Å². The molecule has 1 aliphatic rings. The lowest BCUT2D eigenvalue weighted by Crippen LogP contribution is -2.38. The zero-order valence-corrected chi connectivity index (χ0v) is 21.3. The van der Waals surface area contributed by atoms with Crippen molar-refractivity contribution < 1.29 is 33.3 Å². The molecule has 200 valence electrons. The lowest BCUT2D eigenvalue weighted by molar-refractivity contribution is -0.156. The number of pyridine rings is 1. The summed E-state index contributed by atoms with van der Waals surface area (Å²) in [5, 5.41) is 1.12. The Hall–Kier alpha value is -3.73. The number of aromatic amines is 1. The lowest BCUT2D eigenvalue weighted by atomic mass is 9.90. The highest BCUT2D eigenvalue weighted by molar-refractivity contribution is 6.30. The Morgan fingerprint density at radius 2 is 1.74 bits per heavy atom. The Morgan fingerprint density at radius 3 is 2.50 bits per heavy atom. The van der Waals surface area contributed by atoms with Gasteiger partial charge in [0.2, 0.25) is 12.4 Å². The number of para-hydroxylation sites is 1. The van der Waals surface area contributed by atoms with Gasteiger partial charge in [0.25, 0.3) is 0 Å². The fourth-order valence-corrected chi connectivity index (χ4v) is 4.25. The number of esters is 1. The van der Waals surface area contributed by atoms with Crippen LogP contribution in [0.1, 0.15) is 15.9 Å². The summed E-state index contributed by atoms with van der Waals surface area (Å²) in [5.41, 5.74) is 0.947. The molecule has 0 amide bonds. The van der Waals surface area contributed by atoms with Crippen molar-refractivity contribution in [2.45, 2.75) is 6.42 Å². The van der Waals surface area contributed by atoms with Gasteiger partial charge in [-0.25, -0.2) is 4.79 Å². The molecule has 0 radical (unpaired) electrons. The molecule has 1 fully saturated rings. The molecule has 2 heterocycles. The van der Waals surface area contributed by atoms with Gasteiger partial charge in [0.05, 0.1) is 13.2 Å². The van der Waals surface area contributed by atoms with Gasteiger partial charge in [-0.05, 0) is 42.3 Å². The van der Waals surface area contributed by atoms with E-state index in [9.17, 15) is 19.2 Å². The number of halogens is 1. The molecule has 1 unspecified atom stereocenters. The normalized spacial score (nSPS) is 14.6. The van der Waals surface area contributed by atoms with Gasteiger partial charge < -0.3 is 23.9 Å². The minimum Gasteiger partial charge on any atom is -0.433 e. The van der Waals surface area contributed by atoms with E-state index in [0.717, 1.165) is 13.1 Å². The standard InChI is InChI=1S/C27H27ClN2O8/c28-20-7-5-18(6-8-20)25(32)22(15-19-16-24(31)29-23-4-2-1-3-21(19)23)26(33)37-17-38-27(34)36-14-11-30-9-12-35-13-10-30/h1-8,16,22H,9-15,17H2,(H,29,31). The van der Waals surface area contributed by atoms with Crippen LogP contribution >= 0.6 is 11.6 Å². The molecule has 0 aliphatic carbocycles. The SMILES string of the molecule is O=C(OCCN1CCOCC1)OCOC(=O)C(Cc1cc(=O)[nH]c2ccccc12)C(=O)c1ccc(Cl)cc1. The molecule has 2 aromatic carbocycles. The first-order chi connectivity index (χ1) is 18.4. The number of nitrogens with one attached hydrogen (secondary N) is 1. The Kier molecular flexibility index (Phi) is 9.47. The average Bonchev–Trinajstić information content (AvgIpc) is 2.92. The fraction of sp³-hybridized carbons (Fsp3) is 0.333. The third kappa shape index (κ3) is 7.41. The Bertz CT molecular complexity index is 1330. The largest absolute Gasteiger partial charge is 0.511 e. The number of nitrogens with zero attached hydrogens (tertiary/aromatic N) is 1. The van der Waals surface area contributed by atoms with Crippen molar-refractivity contribution in [2.75, 3.05) is 46.2 Å². The number of rotatable bonds is 10. The first kappa shape index (κ1) is 27.3. The second-order valence-electron chi connectivity index (χ2n) is 8.61. The first-order valence-electron chi connectivity index (χ1n) is 12.1. The van der Waals surface area contributed by atoms with Crippen LogP contribution in [0.3, 0.4) is 0 Å². The molecule has 0 bridgehead atoms. The number of hydrogen-bond acceptors (Lipinski definition) is 9. The number of Topliss-reactive ketones (excluding diaryl/α,β-unsaturated/α-hetero) is 1. The number of ketones is 1. The number of aromatic nitrogens is 1. The minimum atomic E-state index is -1.30. The van der Waals surface area contributed by atoms with Gasteiger partial charge in [-0.2, -0.15) is 0 Å². The summed E-state index contributed by atoms with van der Waals surface area (Å²) in [6.07, 6.45) is -1.10. The molecule has 3 aromatic rings. The number of ether oxygens (including phenoxy) is 4. The highest BCUT2D eigenvalue weighted by Gasteiger charge is 2.30. The van der Waals surface area contributed by atoms with Crippen molar-refractivity contribution in [3.05, 3.63) is 81.1 Å². The third-order valence-electron chi connectivity index (χ3n) is 6.10. The molecule has 38 heavy (non-hydrogen) atoms. The van der Waals surface area contributed by atoms with Crippen molar-refractivity contribution in [1.82, 2.24) is 9.88 Å². The van der Waals surface area contributed by atoms with E-state index < -0.39 is 30.6 Å². The first-order valence-corrected chi connectivity index (χ1v) is 12.5. The van der Waals surface area contributed by atoms with Crippen LogP contribution in [-0.2, 0) is 30.2 Å². The van der Waals surface area contributed by atoms with Gasteiger partial charge in [-0.15, -0.1) is 0 Å². The number of carbonyl (C=O) groups is 3. The maximum atomic E-state index is 13.3. The number of fused-ring (bicyclic) bond motifs is 1. The van der Waals surface area contributed by atoms with Gasteiger partial charge in [-0.3, -0.25) is 19.3 Å². The van der Waals surface area contributed by atoms with Gasteiger partial charge in [-0.1, -0.05) is 29.8 Å². The van der Waals surface area contributed by atoms with Crippen LogP contribution in [0.25, 0.3) is 10.9 Å². The topological polar surface area (TPSA) is 124 Å². The zero-order chi connectivity index (χ0) is 26.9.